The second kappa shape index (κ2) is 10.7. The van der Waals surface area contributed by atoms with Gasteiger partial charge in [-0.2, -0.15) is 4.98 Å². The fourth-order valence-corrected chi connectivity index (χ4v) is 5.26. The highest BCUT2D eigenvalue weighted by Gasteiger charge is 2.25. The molecule has 218 valence electrons. The van der Waals surface area contributed by atoms with E-state index in [0.29, 0.717) is 34.2 Å². The van der Waals surface area contributed by atoms with E-state index < -0.39 is 11.2 Å². The molecule has 0 aliphatic carbocycles. The zero-order valence-electron chi connectivity index (χ0n) is 24.4. The maximum atomic E-state index is 13.3. The Kier molecular flexibility index (Phi) is 6.85. The van der Waals surface area contributed by atoms with Crippen molar-refractivity contribution in [3.8, 4) is 28.4 Å². The zero-order valence-corrected chi connectivity index (χ0v) is 24.4. The van der Waals surface area contributed by atoms with Crippen molar-refractivity contribution < 1.29 is 14.3 Å². The summed E-state index contributed by atoms with van der Waals surface area (Å²) in [5.41, 5.74) is 3.83. The van der Waals surface area contributed by atoms with Crippen LogP contribution in [0.5, 0.6) is 11.5 Å². The summed E-state index contributed by atoms with van der Waals surface area (Å²) < 4.78 is 17.5. The number of imidazole rings is 2. The maximum Gasteiger partial charge on any atom is 0.332 e. The molecule has 6 aromatic rings. The van der Waals surface area contributed by atoms with Gasteiger partial charge in [0.05, 0.1) is 31.3 Å². The molecule has 0 aliphatic rings. The van der Waals surface area contributed by atoms with Crippen LogP contribution in [-0.2, 0) is 20.5 Å². The number of benzene rings is 3. The average molecular weight is 579 g/mol. The molecule has 6 rings (SSSR count). The molecule has 11 nitrogen and oxygen atoms in total. The lowest BCUT2D eigenvalue weighted by Crippen LogP contribution is -2.37. The summed E-state index contributed by atoms with van der Waals surface area (Å²) >= 11 is 0. The lowest BCUT2D eigenvalue weighted by molar-refractivity contribution is 0.102. The number of aromatic nitrogens is 5. The minimum atomic E-state index is -0.474. The number of carbonyl (C=O) groups is 1. The van der Waals surface area contributed by atoms with Crippen LogP contribution >= 0.6 is 0 Å². The van der Waals surface area contributed by atoms with Crippen LogP contribution < -0.4 is 26.0 Å². The van der Waals surface area contributed by atoms with E-state index in [0.717, 1.165) is 22.2 Å². The first-order valence-electron chi connectivity index (χ1n) is 13.7. The van der Waals surface area contributed by atoms with Crippen molar-refractivity contribution in [2.24, 2.45) is 14.1 Å². The van der Waals surface area contributed by atoms with Crippen LogP contribution in [0.2, 0.25) is 0 Å². The van der Waals surface area contributed by atoms with Gasteiger partial charge in [0, 0.05) is 43.6 Å². The number of hydrogen-bond donors (Lipinski definition) is 1. The van der Waals surface area contributed by atoms with Crippen molar-refractivity contribution in [1.82, 2.24) is 23.1 Å². The number of rotatable bonds is 7. The van der Waals surface area contributed by atoms with E-state index in [1.165, 1.54) is 31.4 Å². The fourth-order valence-electron chi connectivity index (χ4n) is 5.26. The summed E-state index contributed by atoms with van der Waals surface area (Å²) in [6.07, 6.45) is 2.72. The predicted molar refractivity (Wildman–Crippen MR) is 165 cm³/mol. The van der Waals surface area contributed by atoms with Gasteiger partial charge in [0.1, 0.15) is 11.5 Å². The Morgan fingerprint density at radius 2 is 1.60 bits per heavy atom. The molecule has 43 heavy (non-hydrogen) atoms. The van der Waals surface area contributed by atoms with Crippen LogP contribution in [0, 0.1) is 0 Å². The minimum absolute atomic E-state index is 0.252. The highest BCUT2D eigenvalue weighted by Crippen LogP contribution is 2.39. The molecule has 0 saturated heterocycles. The highest BCUT2D eigenvalue weighted by atomic mass is 16.5. The minimum Gasteiger partial charge on any atom is -0.494 e. The van der Waals surface area contributed by atoms with Crippen LogP contribution in [0.25, 0.3) is 33.9 Å². The summed E-state index contributed by atoms with van der Waals surface area (Å²) in [5, 5.41) is 2.91. The number of methoxy groups -OCH3 is 2. The third kappa shape index (κ3) is 4.45. The molecule has 1 amide bonds. The Labute approximate surface area is 246 Å². The van der Waals surface area contributed by atoms with E-state index in [9.17, 15) is 14.4 Å². The third-order valence-electron chi connectivity index (χ3n) is 7.65. The van der Waals surface area contributed by atoms with Crippen molar-refractivity contribution in [2.75, 3.05) is 19.5 Å². The number of hydrogen-bond acceptors (Lipinski definition) is 6. The van der Waals surface area contributed by atoms with Gasteiger partial charge < -0.3 is 14.8 Å². The molecule has 0 unspecified atom stereocenters. The second-order valence-electron chi connectivity index (χ2n) is 10.1. The van der Waals surface area contributed by atoms with Crippen LogP contribution in [0.1, 0.15) is 22.8 Å². The largest absolute Gasteiger partial charge is 0.494 e. The second-order valence-corrected chi connectivity index (χ2v) is 10.1. The van der Waals surface area contributed by atoms with Crippen LogP contribution in [0.3, 0.4) is 0 Å². The van der Waals surface area contributed by atoms with Crippen molar-refractivity contribution in [3.05, 3.63) is 105 Å². The van der Waals surface area contributed by atoms with Crippen molar-refractivity contribution in [2.45, 2.75) is 13.3 Å². The van der Waals surface area contributed by atoms with Gasteiger partial charge in [0.2, 0.25) is 5.78 Å². The van der Waals surface area contributed by atoms with E-state index in [2.05, 4.69) is 24.4 Å². The molecule has 0 spiro atoms. The Morgan fingerprint density at radius 3 is 2.26 bits per heavy atom. The number of nitrogens with zero attached hydrogens (tertiary/aromatic N) is 5. The predicted octanol–water partition coefficient (Wildman–Crippen LogP) is 4.17. The lowest BCUT2D eigenvalue weighted by Gasteiger charge is -2.18. The van der Waals surface area contributed by atoms with E-state index in [4.69, 9.17) is 14.5 Å². The number of nitrogens with one attached hydrogen (secondary N) is 1. The molecule has 3 heterocycles. The third-order valence-corrected chi connectivity index (χ3v) is 7.65. The van der Waals surface area contributed by atoms with Crippen LogP contribution in [-0.4, -0.2) is 43.2 Å². The Bertz CT molecular complexity index is 2140. The first-order chi connectivity index (χ1) is 20.8. The molecular formula is C32H30N6O5. The SMILES string of the molecule is CCc1ccc(-c2cn3c4c(=O)n(C)c(=O)n(C)c4nc3n2-c2cc(OC)c(NC(=O)c3ccccc3)cc2OC)cc1. The summed E-state index contributed by atoms with van der Waals surface area (Å²) in [5.74, 6) is 0.899. The van der Waals surface area contributed by atoms with Gasteiger partial charge in [-0.1, -0.05) is 49.4 Å². The van der Waals surface area contributed by atoms with E-state index in [-0.39, 0.29) is 17.1 Å². The van der Waals surface area contributed by atoms with E-state index in [1.807, 2.05) is 29.0 Å². The number of amides is 1. The van der Waals surface area contributed by atoms with E-state index in [1.54, 1.807) is 47.8 Å². The molecule has 0 bridgehead atoms. The summed E-state index contributed by atoms with van der Waals surface area (Å²) in [6, 6.07) is 20.4. The number of anilines is 1. The van der Waals surface area contributed by atoms with Crippen molar-refractivity contribution >= 4 is 28.5 Å². The van der Waals surface area contributed by atoms with Gasteiger partial charge in [0.15, 0.2) is 11.2 Å². The van der Waals surface area contributed by atoms with Gasteiger partial charge in [-0.25, -0.2) is 4.79 Å². The molecular weight excluding hydrogens is 548 g/mol. The summed E-state index contributed by atoms with van der Waals surface area (Å²) in [7, 11) is 6.08. The van der Waals surface area contributed by atoms with Gasteiger partial charge in [-0.05, 0) is 24.1 Å². The number of ether oxygens (including phenoxy) is 2. The van der Waals surface area contributed by atoms with Crippen molar-refractivity contribution in [1.29, 1.82) is 0 Å². The standard InChI is InChI=1S/C32H30N6O5/c1-6-19-12-14-20(15-13-19)24-18-37-27-28(35(2)32(41)36(3)30(27)40)34-31(37)38(24)23-17-25(42-4)22(16-26(23)43-5)33-29(39)21-10-8-7-9-11-21/h7-18H,6H2,1-5H3,(H,33,39). The molecule has 0 aliphatic heterocycles. The normalized spacial score (nSPS) is 11.3. The average Bonchev–Trinajstić information content (AvgIpc) is 3.59. The Morgan fingerprint density at radius 1 is 0.907 bits per heavy atom. The molecule has 0 radical (unpaired) electrons. The molecule has 3 aromatic carbocycles. The van der Waals surface area contributed by atoms with Crippen LogP contribution in [0.4, 0.5) is 5.69 Å². The molecule has 11 heteroatoms. The monoisotopic (exact) mass is 578 g/mol. The smallest absolute Gasteiger partial charge is 0.332 e. The number of aryl methyl sites for hydroxylation is 2. The molecule has 0 saturated carbocycles. The first-order valence-corrected chi connectivity index (χ1v) is 13.7. The molecule has 3 aromatic heterocycles. The van der Waals surface area contributed by atoms with Crippen molar-refractivity contribution in [3.63, 3.8) is 0 Å². The topological polar surface area (TPSA) is 114 Å². The first kappa shape index (κ1) is 27.6. The van der Waals surface area contributed by atoms with Crippen LogP contribution in [0.15, 0.2) is 82.5 Å². The number of fused-ring (bicyclic) bond motifs is 3. The summed E-state index contributed by atoms with van der Waals surface area (Å²) in [6.45, 7) is 2.09. The lowest BCUT2D eigenvalue weighted by atomic mass is 10.1. The van der Waals surface area contributed by atoms with Gasteiger partial charge in [-0.15, -0.1) is 0 Å². The maximum absolute atomic E-state index is 13.3. The highest BCUT2D eigenvalue weighted by molar-refractivity contribution is 6.05. The Balaban J connectivity index is 1.63. The fraction of sp³-hybridized carbons (Fsp3) is 0.188. The zero-order chi connectivity index (χ0) is 30.4. The van der Waals surface area contributed by atoms with Gasteiger partial charge >= 0.3 is 5.69 Å². The number of carbonyl (C=O) groups excluding carboxylic acids is 1. The van der Waals surface area contributed by atoms with E-state index >= 15 is 0 Å². The summed E-state index contributed by atoms with van der Waals surface area (Å²) in [4.78, 5) is 43.8. The Hall–Kier alpha value is -5.58. The molecule has 0 atom stereocenters. The van der Waals surface area contributed by atoms with Gasteiger partial charge in [-0.3, -0.25) is 27.7 Å². The molecule has 0 fully saturated rings. The van der Waals surface area contributed by atoms with Gasteiger partial charge in [0.25, 0.3) is 11.5 Å². The molecule has 1 N–H and O–H groups in total. The quantitative estimate of drug-likeness (QED) is 0.304.